The largest absolute Gasteiger partial charge is 0.497 e. The molecule has 5 nitrogen and oxygen atoms in total. The number of methoxy groups -OCH3 is 2. The van der Waals surface area contributed by atoms with Crippen molar-refractivity contribution in [1.29, 1.82) is 0 Å². The molecular weight excluding hydrogens is 376 g/mol. The van der Waals surface area contributed by atoms with Crippen LogP contribution in [-0.4, -0.2) is 25.3 Å². The highest BCUT2D eigenvalue weighted by atomic mass is 16.5. The van der Waals surface area contributed by atoms with Gasteiger partial charge in [0, 0.05) is 36.4 Å². The molecule has 0 radical (unpaired) electrons. The molecule has 0 aliphatic heterocycles. The topological polar surface area (TPSA) is 43.8 Å². The maximum atomic E-state index is 6.33. The summed E-state index contributed by atoms with van der Waals surface area (Å²) in [5.74, 6) is 2.40. The monoisotopic (exact) mass is 404 g/mol. The molecule has 0 amide bonds. The van der Waals surface area contributed by atoms with Crippen molar-refractivity contribution in [1.82, 2.24) is 4.98 Å². The number of aromatic nitrogens is 1. The summed E-state index contributed by atoms with van der Waals surface area (Å²) in [4.78, 5) is 6.52. The second-order valence-electron chi connectivity index (χ2n) is 7.50. The summed E-state index contributed by atoms with van der Waals surface area (Å²) in [6.45, 7) is 0.690. The van der Waals surface area contributed by atoms with Crippen molar-refractivity contribution in [2.75, 3.05) is 19.1 Å². The highest BCUT2D eigenvalue weighted by Gasteiger charge is 2.20. The Bertz CT molecular complexity index is 938. The lowest BCUT2D eigenvalue weighted by Gasteiger charge is -2.27. The fraction of sp³-hybridized carbons (Fsp3) is 0.320. The molecule has 156 valence electrons. The minimum atomic E-state index is 0.266. The number of anilines is 2. The minimum Gasteiger partial charge on any atom is -0.497 e. The average molecular weight is 405 g/mol. The van der Waals surface area contributed by atoms with E-state index < -0.39 is 0 Å². The Kier molecular flexibility index (Phi) is 6.38. The van der Waals surface area contributed by atoms with Crippen LogP contribution in [0.5, 0.6) is 17.2 Å². The summed E-state index contributed by atoms with van der Waals surface area (Å²) < 4.78 is 17.2. The minimum absolute atomic E-state index is 0.266. The van der Waals surface area contributed by atoms with Crippen molar-refractivity contribution < 1.29 is 14.2 Å². The SMILES string of the molecule is COc1ccc(N(Cc2cccnc2)c2ccc(OC)c(OC3CCCC3)c2)cc1. The number of hydrogen-bond donors (Lipinski definition) is 0. The molecule has 0 atom stereocenters. The van der Waals surface area contributed by atoms with E-state index in [1.807, 2.05) is 30.5 Å². The zero-order valence-electron chi connectivity index (χ0n) is 17.6. The van der Waals surface area contributed by atoms with Gasteiger partial charge in [0.1, 0.15) is 5.75 Å². The fourth-order valence-corrected chi connectivity index (χ4v) is 3.88. The predicted octanol–water partition coefficient (Wildman–Crippen LogP) is 5.76. The molecule has 5 heteroatoms. The predicted molar refractivity (Wildman–Crippen MR) is 119 cm³/mol. The van der Waals surface area contributed by atoms with Crippen LogP contribution in [0.25, 0.3) is 0 Å². The Hall–Kier alpha value is -3.21. The van der Waals surface area contributed by atoms with Crippen molar-refractivity contribution >= 4 is 11.4 Å². The molecule has 3 aromatic rings. The van der Waals surface area contributed by atoms with Crippen molar-refractivity contribution in [3.05, 3.63) is 72.6 Å². The van der Waals surface area contributed by atoms with Gasteiger partial charge in [0.15, 0.2) is 11.5 Å². The van der Waals surface area contributed by atoms with Crippen LogP contribution < -0.4 is 19.1 Å². The molecule has 1 saturated carbocycles. The van der Waals surface area contributed by atoms with Crippen LogP contribution in [-0.2, 0) is 6.54 Å². The molecule has 1 aliphatic carbocycles. The van der Waals surface area contributed by atoms with E-state index in [2.05, 4.69) is 40.2 Å². The van der Waals surface area contributed by atoms with Crippen LogP contribution >= 0.6 is 0 Å². The third-order valence-corrected chi connectivity index (χ3v) is 5.50. The van der Waals surface area contributed by atoms with Crippen LogP contribution in [0.1, 0.15) is 31.2 Å². The smallest absolute Gasteiger partial charge is 0.163 e. The summed E-state index contributed by atoms with van der Waals surface area (Å²) in [6, 6.07) is 18.3. The third-order valence-electron chi connectivity index (χ3n) is 5.50. The molecule has 0 bridgehead atoms. The van der Waals surface area contributed by atoms with Crippen LogP contribution in [0.3, 0.4) is 0 Å². The Morgan fingerprint density at radius 3 is 2.33 bits per heavy atom. The number of benzene rings is 2. The number of hydrogen-bond acceptors (Lipinski definition) is 5. The highest BCUT2D eigenvalue weighted by Crippen LogP contribution is 2.38. The Morgan fingerprint density at radius 2 is 1.67 bits per heavy atom. The Labute approximate surface area is 178 Å². The van der Waals surface area contributed by atoms with Crippen molar-refractivity contribution in [3.8, 4) is 17.2 Å². The Morgan fingerprint density at radius 1 is 0.900 bits per heavy atom. The second kappa shape index (κ2) is 9.53. The van der Waals surface area contributed by atoms with Crippen molar-refractivity contribution in [3.63, 3.8) is 0 Å². The van der Waals surface area contributed by atoms with Gasteiger partial charge in [-0.3, -0.25) is 4.98 Å². The second-order valence-corrected chi connectivity index (χ2v) is 7.50. The zero-order chi connectivity index (χ0) is 20.8. The Balaban J connectivity index is 1.69. The van der Waals surface area contributed by atoms with Gasteiger partial charge in [-0.25, -0.2) is 0 Å². The van der Waals surface area contributed by atoms with Crippen molar-refractivity contribution in [2.45, 2.75) is 38.3 Å². The first-order valence-electron chi connectivity index (χ1n) is 10.4. The highest BCUT2D eigenvalue weighted by molar-refractivity contribution is 5.67. The van der Waals surface area contributed by atoms with Gasteiger partial charge in [-0.1, -0.05) is 6.07 Å². The van der Waals surface area contributed by atoms with Gasteiger partial charge in [0.05, 0.1) is 20.3 Å². The molecule has 1 fully saturated rings. The van der Waals surface area contributed by atoms with Gasteiger partial charge in [-0.05, 0) is 73.7 Å². The summed E-state index contributed by atoms with van der Waals surface area (Å²) >= 11 is 0. The van der Waals surface area contributed by atoms with Gasteiger partial charge < -0.3 is 19.1 Å². The van der Waals surface area contributed by atoms with Gasteiger partial charge in [-0.2, -0.15) is 0 Å². The lowest BCUT2D eigenvalue weighted by Crippen LogP contribution is -2.17. The zero-order valence-corrected chi connectivity index (χ0v) is 17.6. The van der Waals surface area contributed by atoms with Crippen LogP contribution in [0, 0.1) is 0 Å². The summed E-state index contributed by atoms with van der Waals surface area (Å²) in [5.41, 5.74) is 3.23. The molecule has 1 aromatic heterocycles. The quantitative estimate of drug-likeness (QED) is 0.478. The molecule has 0 saturated heterocycles. The maximum absolute atomic E-state index is 6.33. The molecule has 2 aromatic carbocycles. The summed E-state index contributed by atoms with van der Waals surface area (Å²) in [7, 11) is 3.37. The molecule has 1 heterocycles. The van der Waals surface area contributed by atoms with E-state index in [1.165, 1.54) is 12.8 Å². The van der Waals surface area contributed by atoms with Gasteiger partial charge >= 0.3 is 0 Å². The lowest BCUT2D eigenvalue weighted by atomic mass is 10.1. The van der Waals surface area contributed by atoms with Crippen molar-refractivity contribution in [2.24, 2.45) is 0 Å². The summed E-state index contributed by atoms with van der Waals surface area (Å²) in [5, 5.41) is 0. The third kappa shape index (κ3) is 4.67. The van der Waals surface area contributed by atoms with E-state index in [9.17, 15) is 0 Å². The number of nitrogens with zero attached hydrogens (tertiary/aromatic N) is 2. The molecule has 30 heavy (non-hydrogen) atoms. The first kappa shape index (κ1) is 20.1. The van der Waals surface area contributed by atoms with E-state index in [4.69, 9.17) is 14.2 Å². The first-order valence-corrected chi connectivity index (χ1v) is 10.4. The average Bonchev–Trinajstić information content (AvgIpc) is 3.31. The lowest BCUT2D eigenvalue weighted by molar-refractivity contribution is 0.201. The van der Waals surface area contributed by atoms with E-state index in [-0.39, 0.29) is 6.10 Å². The normalized spacial score (nSPS) is 13.8. The number of rotatable bonds is 8. The molecule has 1 aliphatic rings. The molecule has 0 spiro atoms. The standard InChI is InChI=1S/C25H28N2O3/c1-28-22-12-9-20(10-13-22)27(18-19-6-5-15-26-17-19)21-11-14-24(29-2)25(16-21)30-23-7-3-4-8-23/h5-6,9-17,23H,3-4,7-8,18H2,1-2H3. The molecular formula is C25H28N2O3. The van der Waals surface area contributed by atoms with Crippen LogP contribution in [0.2, 0.25) is 0 Å². The van der Waals surface area contributed by atoms with Crippen LogP contribution in [0.15, 0.2) is 67.0 Å². The van der Waals surface area contributed by atoms with E-state index >= 15 is 0 Å². The molecule has 4 rings (SSSR count). The molecule has 0 unspecified atom stereocenters. The number of ether oxygens (including phenoxy) is 3. The van der Waals surface area contributed by atoms with Gasteiger partial charge in [-0.15, -0.1) is 0 Å². The van der Waals surface area contributed by atoms with Gasteiger partial charge in [0.2, 0.25) is 0 Å². The van der Waals surface area contributed by atoms with E-state index in [0.29, 0.717) is 6.54 Å². The van der Waals surface area contributed by atoms with Crippen LogP contribution in [0.4, 0.5) is 11.4 Å². The maximum Gasteiger partial charge on any atom is 0.163 e. The van der Waals surface area contributed by atoms with E-state index in [0.717, 1.165) is 47.0 Å². The molecule has 0 N–H and O–H groups in total. The number of pyridine rings is 1. The van der Waals surface area contributed by atoms with Gasteiger partial charge in [0.25, 0.3) is 0 Å². The fourth-order valence-electron chi connectivity index (χ4n) is 3.88. The van der Waals surface area contributed by atoms with E-state index in [1.54, 1.807) is 20.4 Å². The first-order chi connectivity index (χ1) is 14.8. The summed E-state index contributed by atoms with van der Waals surface area (Å²) in [6.07, 6.45) is 8.62.